The number of amides is 2. The van der Waals surface area contributed by atoms with Gasteiger partial charge in [-0.15, -0.1) is 0 Å². The van der Waals surface area contributed by atoms with Crippen molar-refractivity contribution >= 4 is 17.7 Å². The first-order chi connectivity index (χ1) is 13.2. The molecule has 1 aliphatic carbocycles. The molecule has 1 fully saturated rings. The highest BCUT2D eigenvalue weighted by Crippen LogP contribution is 2.36. The number of hydrogen-bond donors (Lipinski definition) is 2. The average Bonchev–Trinajstić information content (AvgIpc) is 2.61. The number of rotatable bonds is 4. The number of hydrogen-bond acceptors (Lipinski definition) is 4. The number of benzene rings is 1. The van der Waals surface area contributed by atoms with Gasteiger partial charge < -0.3 is 20.1 Å². The van der Waals surface area contributed by atoms with E-state index in [0.717, 1.165) is 12.0 Å². The van der Waals surface area contributed by atoms with Crippen molar-refractivity contribution < 1.29 is 19.1 Å². The van der Waals surface area contributed by atoms with Gasteiger partial charge in [0.25, 0.3) is 5.91 Å². The second kappa shape index (κ2) is 8.41. The second-order valence-electron chi connectivity index (χ2n) is 8.94. The number of alkyl carbamates (subject to hydrolysis) is 1. The van der Waals surface area contributed by atoms with Gasteiger partial charge in [0.05, 0.1) is 11.7 Å². The Bertz CT molecular complexity index is 720. The van der Waals surface area contributed by atoms with Gasteiger partial charge in [0, 0.05) is 0 Å². The molecule has 0 bridgehead atoms. The van der Waals surface area contributed by atoms with Crippen molar-refractivity contribution in [3.05, 3.63) is 23.8 Å². The van der Waals surface area contributed by atoms with Crippen molar-refractivity contribution in [3.8, 4) is 5.75 Å². The molecular formula is C22H32N2O4. The highest BCUT2D eigenvalue weighted by Gasteiger charge is 2.27. The van der Waals surface area contributed by atoms with Gasteiger partial charge in [-0.1, -0.05) is 38.2 Å². The smallest absolute Gasteiger partial charge is 0.408 e. The van der Waals surface area contributed by atoms with Crippen LogP contribution >= 0.6 is 0 Å². The Morgan fingerprint density at radius 3 is 2.68 bits per heavy atom. The molecule has 1 heterocycles. The molecule has 0 saturated heterocycles. The Balaban J connectivity index is 1.80. The lowest BCUT2D eigenvalue weighted by Gasteiger charge is -2.30. The number of carbonyl (C=O) groups is 2. The quantitative estimate of drug-likeness (QED) is 0.766. The van der Waals surface area contributed by atoms with Gasteiger partial charge in [0.2, 0.25) is 0 Å². The molecular weight excluding hydrogens is 356 g/mol. The van der Waals surface area contributed by atoms with E-state index < -0.39 is 17.8 Å². The lowest BCUT2D eigenvalue weighted by molar-refractivity contribution is -0.122. The molecule has 6 nitrogen and oxygen atoms in total. The lowest BCUT2D eigenvalue weighted by atomic mass is 9.83. The Morgan fingerprint density at radius 2 is 2.00 bits per heavy atom. The highest BCUT2D eigenvalue weighted by molar-refractivity contribution is 5.97. The molecule has 2 atom stereocenters. The summed E-state index contributed by atoms with van der Waals surface area (Å²) in [6, 6.07) is 5.57. The zero-order valence-corrected chi connectivity index (χ0v) is 17.3. The van der Waals surface area contributed by atoms with Crippen molar-refractivity contribution in [2.75, 3.05) is 5.32 Å². The Hall–Kier alpha value is -2.24. The van der Waals surface area contributed by atoms with Crippen molar-refractivity contribution in [2.24, 2.45) is 5.92 Å². The van der Waals surface area contributed by atoms with Crippen LogP contribution in [-0.4, -0.2) is 23.7 Å². The van der Waals surface area contributed by atoms with Gasteiger partial charge in [0.1, 0.15) is 11.4 Å². The van der Waals surface area contributed by atoms with E-state index in [9.17, 15) is 9.59 Å². The van der Waals surface area contributed by atoms with E-state index in [1.807, 2.05) is 39.0 Å². The molecule has 2 aliphatic rings. The molecule has 6 heteroatoms. The fourth-order valence-electron chi connectivity index (χ4n) is 3.93. The number of nitrogens with one attached hydrogen (secondary N) is 2. The van der Waals surface area contributed by atoms with Crippen LogP contribution in [0.5, 0.6) is 5.75 Å². The normalized spacial score (nSPS) is 21.1. The monoisotopic (exact) mass is 388 g/mol. The van der Waals surface area contributed by atoms with Crippen LogP contribution in [0.25, 0.3) is 0 Å². The summed E-state index contributed by atoms with van der Waals surface area (Å²) in [7, 11) is 0. The van der Waals surface area contributed by atoms with Gasteiger partial charge in [-0.2, -0.15) is 0 Å². The SMILES string of the molecule is CC1Oc2ccc(C(CC3CCCCC3)NC(=O)OC(C)(C)C)cc2NC1=O. The van der Waals surface area contributed by atoms with Crippen molar-refractivity contribution in [3.63, 3.8) is 0 Å². The molecule has 1 aliphatic heterocycles. The summed E-state index contributed by atoms with van der Waals surface area (Å²) in [5.41, 5.74) is 1.06. The van der Waals surface area contributed by atoms with E-state index in [1.165, 1.54) is 32.1 Å². The first-order valence-electron chi connectivity index (χ1n) is 10.3. The minimum atomic E-state index is -0.548. The molecule has 154 valence electrons. The van der Waals surface area contributed by atoms with Crippen LogP contribution in [0.1, 0.15) is 77.8 Å². The summed E-state index contributed by atoms with van der Waals surface area (Å²) in [6.45, 7) is 7.29. The maximum absolute atomic E-state index is 12.4. The molecule has 28 heavy (non-hydrogen) atoms. The maximum Gasteiger partial charge on any atom is 0.408 e. The van der Waals surface area contributed by atoms with E-state index in [1.54, 1.807) is 6.92 Å². The fourth-order valence-corrected chi connectivity index (χ4v) is 3.93. The first kappa shape index (κ1) is 20.5. The van der Waals surface area contributed by atoms with E-state index in [2.05, 4.69) is 10.6 Å². The molecule has 1 aromatic rings. The molecule has 1 saturated carbocycles. The van der Waals surface area contributed by atoms with Crippen molar-refractivity contribution in [2.45, 2.75) is 84.0 Å². The molecule has 0 spiro atoms. The molecule has 2 amide bonds. The van der Waals surface area contributed by atoms with Crippen LogP contribution in [-0.2, 0) is 9.53 Å². The second-order valence-corrected chi connectivity index (χ2v) is 8.94. The Kier molecular flexibility index (Phi) is 6.16. The molecule has 1 aromatic carbocycles. The van der Waals surface area contributed by atoms with Crippen LogP contribution in [0.3, 0.4) is 0 Å². The summed E-state index contributed by atoms with van der Waals surface area (Å²) in [5, 5.41) is 5.94. The third-order valence-electron chi connectivity index (χ3n) is 5.32. The van der Waals surface area contributed by atoms with Gasteiger partial charge in [-0.25, -0.2) is 4.79 Å². The number of carbonyl (C=O) groups excluding carboxylic acids is 2. The van der Waals surface area contributed by atoms with Crippen LogP contribution in [0, 0.1) is 5.92 Å². The fraction of sp³-hybridized carbons (Fsp3) is 0.636. The minimum Gasteiger partial charge on any atom is -0.479 e. The predicted octanol–water partition coefficient (Wildman–Crippen LogP) is 4.94. The molecule has 2 N–H and O–H groups in total. The van der Waals surface area contributed by atoms with Gasteiger partial charge in [-0.05, 0) is 57.7 Å². The summed E-state index contributed by atoms with van der Waals surface area (Å²) in [6.07, 6.45) is 6.11. The first-order valence-corrected chi connectivity index (χ1v) is 10.3. The number of ether oxygens (including phenoxy) is 2. The van der Waals surface area contributed by atoms with E-state index in [0.29, 0.717) is 17.4 Å². The van der Waals surface area contributed by atoms with Crippen LogP contribution in [0.15, 0.2) is 18.2 Å². The number of fused-ring (bicyclic) bond motifs is 1. The van der Waals surface area contributed by atoms with E-state index in [4.69, 9.17) is 9.47 Å². The van der Waals surface area contributed by atoms with Crippen LogP contribution in [0.2, 0.25) is 0 Å². The zero-order valence-electron chi connectivity index (χ0n) is 17.3. The number of anilines is 1. The highest BCUT2D eigenvalue weighted by atomic mass is 16.6. The summed E-state index contributed by atoms with van der Waals surface area (Å²) >= 11 is 0. The Labute approximate surface area is 167 Å². The maximum atomic E-state index is 12.4. The zero-order chi connectivity index (χ0) is 20.3. The van der Waals surface area contributed by atoms with Crippen LogP contribution in [0.4, 0.5) is 10.5 Å². The molecule has 3 rings (SSSR count). The molecule has 0 aromatic heterocycles. The van der Waals surface area contributed by atoms with Gasteiger partial charge in [0.15, 0.2) is 6.10 Å². The summed E-state index contributed by atoms with van der Waals surface area (Å²) < 4.78 is 11.1. The van der Waals surface area contributed by atoms with E-state index >= 15 is 0 Å². The standard InChI is InChI=1S/C22H32N2O4/c1-14-20(25)23-18-13-16(10-11-19(18)27-14)17(12-15-8-6-5-7-9-15)24-21(26)28-22(2,3)4/h10-11,13-15,17H,5-9,12H2,1-4H3,(H,23,25)(H,24,26). The average molecular weight is 389 g/mol. The lowest BCUT2D eigenvalue weighted by Crippen LogP contribution is -2.36. The third kappa shape index (κ3) is 5.40. The van der Waals surface area contributed by atoms with Crippen molar-refractivity contribution in [1.29, 1.82) is 0 Å². The topological polar surface area (TPSA) is 76.7 Å². The van der Waals surface area contributed by atoms with Gasteiger partial charge in [-0.3, -0.25) is 4.79 Å². The molecule has 2 unspecified atom stereocenters. The summed E-state index contributed by atoms with van der Waals surface area (Å²) in [5.74, 6) is 1.08. The van der Waals surface area contributed by atoms with Crippen LogP contribution < -0.4 is 15.4 Å². The largest absolute Gasteiger partial charge is 0.479 e. The third-order valence-corrected chi connectivity index (χ3v) is 5.32. The molecule has 0 radical (unpaired) electrons. The minimum absolute atomic E-state index is 0.159. The van der Waals surface area contributed by atoms with Gasteiger partial charge >= 0.3 is 6.09 Å². The summed E-state index contributed by atoms with van der Waals surface area (Å²) in [4.78, 5) is 24.4. The van der Waals surface area contributed by atoms with E-state index in [-0.39, 0.29) is 11.9 Å². The van der Waals surface area contributed by atoms with Crippen molar-refractivity contribution in [1.82, 2.24) is 5.32 Å². The predicted molar refractivity (Wildman–Crippen MR) is 108 cm³/mol. The Morgan fingerprint density at radius 1 is 1.29 bits per heavy atom.